The topological polar surface area (TPSA) is 215 Å². The predicted octanol–water partition coefficient (Wildman–Crippen LogP) is -2.83. The molecule has 0 aliphatic carbocycles. The Bertz CT molecular complexity index is 1130. The van der Waals surface area contributed by atoms with Crippen molar-refractivity contribution in [2.45, 2.75) is 42.3 Å². The summed E-state index contributed by atoms with van der Waals surface area (Å²) in [5.41, 5.74) is 2.38. The number of anilines is 1. The first-order valence-corrected chi connectivity index (χ1v) is 9.57. The molecule has 2 aliphatic rings. The molecule has 2 aliphatic heterocycles. The molecule has 2 saturated heterocycles. The van der Waals surface area contributed by atoms with Gasteiger partial charge in [0.1, 0.15) is 0 Å². The number of imidazole rings is 1. The fourth-order valence-electron chi connectivity index (χ4n) is 3.95. The van der Waals surface area contributed by atoms with Crippen molar-refractivity contribution in [2.24, 2.45) is 0 Å². The van der Waals surface area contributed by atoms with E-state index >= 15 is 0 Å². The number of aliphatic hydroxyl groups excluding tert-OH is 3. The number of aliphatic hydroxyl groups is 4. The van der Waals surface area contributed by atoms with E-state index in [1.807, 2.05) is 5.81 Å². The van der Waals surface area contributed by atoms with Crippen molar-refractivity contribution < 1.29 is 39.2 Å². The summed E-state index contributed by atoms with van der Waals surface area (Å²) >= 11 is 0. The summed E-state index contributed by atoms with van der Waals surface area (Å²) in [5.74, 6) is -1.11. The Morgan fingerprint density at radius 1 is 1.50 bits per heavy atom. The molecule has 0 spiro atoms. The molecule has 1 unspecified atom stereocenters. The summed E-state index contributed by atoms with van der Waals surface area (Å²) in [6.45, 7) is -0.885. The van der Waals surface area contributed by atoms with E-state index in [9.17, 15) is 29.8 Å². The number of nitrogens with two attached hydrogens (primary N) is 1. The van der Waals surface area contributed by atoms with Gasteiger partial charge in [0.15, 0.2) is 0 Å². The van der Waals surface area contributed by atoms with Gasteiger partial charge >= 0.3 is 168 Å². The normalized spacial score (nSPS) is 36.3. The Hall–Kier alpha value is -2.12. The van der Waals surface area contributed by atoms with Crippen molar-refractivity contribution in [1.82, 2.24) is 19.5 Å². The molecule has 4 rings (SSSR count). The second kappa shape index (κ2) is 7.54. The quantitative estimate of drug-likeness (QED) is 0.208. The van der Waals surface area contributed by atoms with E-state index in [0.717, 1.165) is 10.9 Å². The first kappa shape index (κ1) is 21.1. The maximum absolute atomic E-state index is 12.2. The van der Waals surface area contributed by atoms with Crippen LogP contribution in [-0.2, 0) is 24.5 Å². The van der Waals surface area contributed by atoms with E-state index in [2.05, 4.69) is 15.0 Å². The van der Waals surface area contributed by atoms with Gasteiger partial charge in [-0.1, -0.05) is 0 Å². The van der Waals surface area contributed by atoms with Crippen LogP contribution in [0, 0.1) is 5.81 Å². The van der Waals surface area contributed by atoms with Crippen molar-refractivity contribution in [1.29, 1.82) is 0 Å². The summed E-state index contributed by atoms with van der Waals surface area (Å²) in [7, 11) is -0.757. The van der Waals surface area contributed by atoms with Crippen molar-refractivity contribution in [3.63, 3.8) is 0 Å². The van der Waals surface area contributed by atoms with E-state index in [-0.39, 0.29) is 30.1 Å². The van der Waals surface area contributed by atoms with E-state index in [4.69, 9.17) is 19.9 Å². The molecule has 0 bridgehead atoms. The summed E-state index contributed by atoms with van der Waals surface area (Å²) in [6.07, 6.45) is -4.45. The first-order chi connectivity index (χ1) is 14.3. The molecule has 6 atom stereocenters. The number of nitrogens with one attached hydrogen (secondary N) is 1. The number of aromatic nitrogens is 4. The van der Waals surface area contributed by atoms with Crippen LogP contribution in [0.25, 0.3) is 11.2 Å². The van der Waals surface area contributed by atoms with Gasteiger partial charge in [-0.25, -0.2) is 0 Å². The van der Waals surface area contributed by atoms with Crippen LogP contribution in [-0.4, -0.2) is 83.4 Å². The summed E-state index contributed by atoms with van der Waals surface area (Å²) < 4.78 is 28.6. The molecule has 0 amide bonds. The van der Waals surface area contributed by atoms with E-state index in [0.29, 0.717) is 0 Å². The molecule has 162 valence electrons. The number of H-pyrrole nitrogens is 1. The van der Waals surface area contributed by atoms with Crippen LogP contribution < -0.4 is 11.3 Å². The van der Waals surface area contributed by atoms with Gasteiger partial charge in [-0.05, 0) is 0 Å². The zero-order chi connectivity index (χ0) is 21.7. The molecule has 7 N–H and O–H groups in total. The summed E-state index contributed by atoms with van der Waals surface area (Å²) in [4.78, 5) is 22.5. The molecular formula is C15H18N5O9P. The van der Waals surface area contributed by atoms with Crippen LogP contribution in [0.1, 0.15) is 6.42 Å². The molecule has 2 aromatic rings. The number of hydrogen-bond acceptors (Lipinski definition) is 12. The van der Waals surface area contributed by atoms with Crippen LogP contribution >= 0.6 is 7.92 Å². The van der Waals surface area contributed by atoms with Gasteiger partial charge in [0.05, 0.1) is 0 Å². The predicted molar refractivity (Wildman–Crippen MR) is 96.4 cm³/mol. The fourth-order valence-corrected chi connectivity index (χ4v) is 4.12. The Labute approximate surface area is 168 Å². The summed E-state index contributed by atoms with van der Waals surface area (Å²) in [6, 6.07) is 0. The van der Waals surface area contributed by atoms with Crippen molar-refractivity contribution in [2.75, 3.05) is 18.9 Å². The van der Waals surface area contributed by atoms with Gasteiger partial charge in [0.25, 0.3) is 0 Å². The Morgan fingerprint density at radius 2 is 2.27 bits per heavy atom. The van der Waals surface area contributed by atoms with E-state index in [1.54, 1.807) is 0 Å². The summed E-state index contributed by atoms with van der Waals surface area (Å²) in [5, 5.41) is 41.8. The molecule has 2 aromatic heterocycles. The first-order valence-electron chi connectivity index (χ1n) is 8.76. The Balaban J connectivity index is 2.04. The van der Waals surface area contributed by atoms with Gasteiger partial charge < -0.3 is 0 Å². The standard InChI is InChI=1S/C15H18N5O9P/c16-13-18-11-9(12(24)19-13)17-4-20(11)14(8-1-6(22)3-27-8)15(25,28-5-30-26)10(23)7(2-21)29-14/h4,6-8,10,21-23,25H,1-3H2,(H3,16,18,19,24)/t6-,7+,8?,10+,14+,15-/m0/s1. The van der Waals surface area contributed by atoms with Crippen LogP contribution in [0.15, 0.2) is 11.1 Å². The van der Waals surface area contributed by atoms with Crippen molar-refractivity contribution in [3.8, 4) is 5.81 Å². The number of ether oxygens (including phenoxy) is 3. The third-order valence-corrected chi connectivity index (χ3v) is 5.38. The maximum atomic E-state index is 12.2. The monoisotopic (exact) mass is 443 g/mol. The molecule has 2 fully saturated rings. The molecule has 15 heteroatoms. The molecule has 14 nitrogen and oxygen atoms in total. The fraction of sp³-hybridized carbons (Fsp3) is 0.600. The molecular weight excluding hydrogens is 425 g/mol. The Kier molecular flexibility index (Phi) is 5.31. The number of nitrogens with zero attached hydrogens (tertiary/aromatic N) is 3. The zero-order valence-corrected chi connectivity index (χ0v) is 16.1. The van der Waals surface area contributed by atoms with Gasteiger partial charge in [0.2, 0.25) is 0 Å². The third-order valence-electron chi connectivity index (χ3n) is 5.21. The minimum atomic E-state index is -2.75. The van der Waals surface area contributed by atoms with Crippen LogP contribution in [0.3, 0.4) is 0 Å². The molecule has 30 heavy (non-hydrogen) atoms. The average Bonchev–Trinajstić information content (AvgIpc) is 3.38. The van der Waals surface area contributed by atoms with Gasteiger partial charge in [-0.2, -0.15) is 0 Å². The van der Waals surface area contributed by atoms with Crippen molar-refractivity contribution in [3.05, 3.63) is 16.7 Å². The van der Waals surface area contributed by atoms with Crippen LogP contribution in [0.5, 0.6) is 0 Å². The molecule has 0 aromatic carbocycles. The molecule has 0 saturated carbocycles. The number of aromatic amines is 1. The molecule has 4 heterocycles. The van der Waals surface area contributed by atoms with E-state index < -0.39 is 56.0 Å². The SMILES string of the molecule is Nc1nc2c(ncn2[C@]2(C3C[C@H](O)CO3)O[C@H](CO)[C@@H](O)[C@]2(O)OC#P=O)c(=O)[nH]1. The van der Waals surface area contributed by atoms with Crippen LogP contribution in [0.2, 0.25) is 0 Å². The van der Waals surface area contributed by atoms with E-state index in [1.165, 1.54) is 0 Å². The zero-order valence-electron chi connectivity index (χ0n) is 15.2. The number of rotatable bonds is 4. The average molecular weight is 443 g/mol. The van der Waals surface area contributed by atoms with Crippen LogP contribution in [0.4, 0.5) is 5.95 Å². The number of fused-ring (bicyclic) bond motifs is 1. The second-order valence-electron chi connectivity index (χ2n) is 6.91. The number of hydrogen-bond donors (Lipinski definition) is 6. The van der Waals surface area contributed by atoms with Gasteiger partial charge in [-0.3, -0.25) is 0 Å². The van der Waals surface area contributed by atoms with Crippen molar-refractivity contribution >= 4 is 25.0 Å². The Morgan fingerprint density at radius 3 is 2.90 bits per heavy atom. The minimum absolute atomic E-state index is 0.0933. The van der Waals surface area contributed by atoms with Gasteiger partial charge in [-0.15, -0.1) is 0 Å². The van der Waals surface area contributed by atoms with Gasteiger partial charge in [0, 0.05) is 0 Å². The third kappa shape index (κ3) is 2.86. The number of nitrogen functional groups attached to an aromatic ring is 1. The second-order valence-corrected chi connectivity index (χ2v) is 7.28. The molecule has 0 radical (unpaired) electrons.